The predicted molar refractivity (Wildman–Crippen MR) is 35.9 cm³/mol. The van der Waals surface area contributed by atoms with Gasteiger partial charge in [-0.05, 0) is 31.7 Å². The lowest BCUT2D eigenvalue weighted by atomic mass is 9.88. The van der Waals surface area contributed by atoms with Gasteiger partial charge < -0.3 is 5.73 Å². The zero-order valence-electron chi connectivity index (χ0n) is 5.65. The minimum Gasteiger partial charge on any atom is -0.330 e. The highest BCUT2D eigenvalue weighted by molar-refractivity contribution is 4.72. The van der Waals surface area contributed by atoms with E-state index in [4.69, 9.17) is 5.73 Å². The molecule has 1 saturated carbocycles. The smallest absolute Gasteiger partial charge is 0.100 e. The van der Waals surface area contributed by atoms with Crippen molar-refractivity contribution < 1.29 is 4.39 Å². The summed E-state index contributed by atoms with van der Waals surface area (Å²) >= 11 is 0. The Balaban J connectivity index is 2.23. The first-order valence-corrected chi connectivity index (χ1v) is 3.67. The van der Waals surface area contributed by atoms with Crippen molar-refractivity contribution in [2.45, 2.75) is 31.9 Å². The number of hydrogen-bond acceptors (Lipinski definition) is 1. The average molecular weight is 131 g/mol. The van der Waals surface area contributed by atoms with Gasteiger partial charge in [-0.2, -0.15) is 0 Å². The van der Waals surface area contributed by atoms with Crippen molar-refractivity contribution >= 4 is 0 Å². The topological polar surface area (TPSA) is 26.0 Å². The van der Waals surface area contributed by atoms with E-state index in [0.717, 1.165) is 19.3 Å². The SMILES string of the molecule is NCC1CCCC(F)C1. The summed E-state index contributed by atoms with van der Waals surface area (Å²) in [6, 6.07) is 0. The molecule has 0 heterocycles. The van der Waals surface area contributed by atoms with Crippen molar-refractivity contribution in [1.82, 2.24) is 0 Å². The molecule has 0 aromatic rings. The minimum absolute atomic E-state index is 0.466. The van der Waals surface area contributed by atoms with Crippen molar-refractivity contribution in [3.63, 3.8) is 0 Å². The summed E-state index contributed by atoms with van der Waals surface area (Å²) in [5.41, 5.74) is 5.40. The first-order chi connectivity index (χ1) is 4.33. The summed E-state index contributed by atoms with van der Waals surface area (Å²) in [4.78, 5) is 0. The molecule has 0 spiro atoms. The van der Waals surface area contributed by atoms with Gasteiger partial charge in [-0.25, -0.2) is 4.39 Å². The molecule has 0 aromatic carbocycles. The van der Waals surface area contributed by atoms with Gasteiger partial charge in [-0.15, -0.1) is 0 Å². The molecule has 54 valence electrons. The summed E-state index contributed by atoms with van der Waals surface area (Å²) in [5, 5.41) is 0. The number of halogens is 1. The van der Waals surface area contributed by atoms with Gasteiger partial charge in [0.1, 0.15) is 6.17 Å². The monoisotopic (exact) mass is 131 g/mol. The molecule has 9 heavy (non-hydrogen) atoms. The largest absolute Gasteiger partial charge is 0.330 e. The van der Waals surface area contributed by atoms with E-state index in [-0.39, 0.29) is 0 Å². The van der Waals surface area contributed by atoms with E-state index in [9.17, 15) is 4.39 Å². The van der Waals surface area contributed by atoms with E-state index in [2.05, 4.69) is 0 Å². The van der Waals surface area contributed by atoms with Crippen molar-refractivity contribution in [2.75, 3.05) is 6.54 Å². The summed E-state index contributed by atoms with van der Waals surface area (Å²) in [6.45, 7) is 0.667. The number of nitrogens with two attached hydrogens (primary N) is 1. The molecule has 1 rings (SSSR count). The van der Waals surface area contributed by atoms with E-state index in [1.807, 2.05) is 0 Å². The Hall–Kier alpha value is -0.110. The van der Waals surface area contributed by atoms with Gasteiger partial charge in [0.05, 0.1) is 0 Å². The highest BCUT2D eigenvalue weighted by Gasteiger charge is 2.19. The second-order valence-corrected chi connectivity index (χ2v) is 2.87. The first-order valence-electron chi connectivity index (χ1n) is 3.67. The van der Waals surface area contributed by atoms with Crippen molar-refractivity contribution in [2.24, 2.45) is 11.7 Å². The molecular formula is C7H14FN. The number of rotatable bonds is 1. The zero-order chi connectivity index (χ0) is 6.69. The molecular weight excluding hydrogens is 117 g/mol. The van der Waals surface area contributed by atoms with Gasteiger partial charge in [-0.1, -0.05) is 6.42 Å². The van der Waals surface area contributed by atoms with Crippen molar-refractivity contribution in [1.29, 1.82) is 0 Å². The summed E-state index contributed by atoms with van der Waals surface area (Å²) in [6.07, 6.45) is 3.07. The van der Waals surface area contributed by atoms with Crippen LogP contribution in [-0.2, 0) is 0 Å². The third kappa shape index (κ3) is 1.94. The van der Waals surface area contributed by atoms with Crippen LogP contribution in [-0.4, -0.2) is 12.7 Å². The van der Waals surface area contributed by atoms with Crippen LogP contribution in [0.2, 0.25) is 0 Å². The summed E-state index contributed by atoms with van der Waals surface area (Å²) in [7, 11) is 0. The maximum absolute atomic E-state index is 12.6. The first kappa shape index (κ1) is 7.00. The van der Waals surface area contributed by atoms with Crippen LogP contribution in [0, 0.1) is 5.92 Å². The van der Waals surface area contributed by atoms with Crippen LogP contribution in [0.25, 0.3) is 0 Å². The minimum atomic E-state index is -0.563. The third-order valence-corrected chi connectivity index (χ3v) is 2.05. The number of hydrogen-bond donors (Lipinski definition) is 1. The fourth-order valence-electron chi connectivity index (χ4n) is 1.44. The van der Waals surface area contributed by atoms with E-state index in [1.165, 1.54) is 0 Å². The molecule has 2 atom stereocenters. The highest BCUT2D eigenvalue weighted by Crippen LogP contribution is 2.24. The average Bonchev–Trinajstić information content (AvgIpc) is 1.88. The number of alkyl halides is 1. The normalized spacial score (nSPS) is 36.7. The maximum atomic E-state index is 12.6. The van der Waals surface area contributed by atoms with Gasteiger partial charge in [0.25, 0.3) is 0 Å². The Bertz CT molecular complexity index is 85.0. The molecule has 1 aliphatic carbocycles. The molecule has 2 N–H and O–H groups in total. The van der Waals surface area contributed by atoms with Gasteiger partial charge in [0.15, 0.2) is 0 Å². The van der Waals surface area contributed by atoms with Gasteiger partial charge >= 0.3 is 0 Å². The molecule has 0 aliphatic heterocycles. The van der Waals surface area contributed by atoms with Crippen molar-refractivity contribution in [3.8, 4) is 0 Å². The molecule has 0 amide bonds. The van der Waals surface area contributed by atoms with E-state index < -0.39 is 6.17 Å². The Labute approximate surface area is 55.4 Å². The summed E-state index contributed by atoms with van der Waals surface area (Å²) < 4.78 is 12.6. The van der Waals surface area contributed by atoms with Crippen LogP contribution in [0.4, 0.5) is 4.39 Å². The fourth-order valence-corrected chi connectivity index (χ4v) is 1.44. The zero-order valence-corrected chi connectivity index (χ0v) is 5.65. The van der Waals surface area contributed by atoms with Gasteiger partial charge in [-0.3, -0.25) is 0 Å². The molecule has 0 aromatic heterocycles. The van der Waals surface area contributed by atoms with E-state index in [1.54, 1.807) is 0 Å². The van der Waals surface area contributed by atoms with E-state index >= 15 is 0 Å². The molecule has 2 unspecified atom stereocenters. The van der Waals surface area contributed by atoms with E-state index in [0.29, 0.717) is 18.9 Å². The molecule has 1 aliphatic rings. The third-order valence-electron chi connectivity index (χ3n) is 2.05. The molecule has 0 radical (unpaired) electrons. The van der Waals surface area contributed by atoms with Gasteiger partial charge in [0.2, 0.25) is 0 Å². The lowest BCUT2D eigenvalue weighted by Crippen LogP contribution is -2.22. The Morgan fingerprint density at radius 2 is 2.22 bits per heavy atom. The molecule has 1 fully saturated rings. The van der Waals surface area contributed by atoms with Gasteiger partial charge in [0, 0.05) is 0 Å². The second-order valence-electron chi connectivity index (χ2n) is 2.87. The second kappa shape index (κ2) is 3.16. The maximum Gasteiger partial charge on any atom is 0.100 e. The Morgan fingerprint density at radius 1 is 1.44 bits per heavy atom. The summed E-state index contributed by atoms with van der Waals surface area (Å²) in [5.74, 6) is 0.466. The van der Waals surface area contributed by atoms with Crippen LogP contribution >= 0.6 is 0 Å². The Morgan fingerprint density at radius 3 is 2.67 bits per heavy atom. The molecule has 1 nitrogen and oxygen atoms in total. The highest BCUT2D eigenvalue weighted by atomic mass is 19.1. The standard InChI is InChI=1S/C7H14FN/c8-7-3-1-2-6(4-7)5-9/h6-7H,1-5,9H2. The van der Waals surface area contributed by atoms with Crippen LogP contribution in [0.15, 0.2) is 0 Å². The Kier molecular flexibility index (Phi) is 2.46. The van der Waals surface area contributed by atoms with Crippen molar-refractivity contribution in [3.05, 3.63) is 0 Å². The predicted octanol–water partition coefficient (Wildman–Crippen LogP) is 1.47. The van der Waals surface area contributed by atoms with Crippen LogP contribution in [0.5, 0.6) is 0 Å². The fraction of sp³-hybridized carbons (Fsp3) is 1.00. The molecule has 2 heteroatoms. The molecule has 0 bridgehead atoms. The quantitative estimate of drug-likeness (QED) is 0.573. The van der Waals surface area contributed by atoms with Crippen LogP contribution < -0.4 is 5.73 Å². The lowest BCUT2D eigenvalue weighted by Gasteiger charge is -2.22. The lowest BCUT2D eigenvalue weighted by molar-refractivity contribution is 0.202. The van der Waals surface area contributed by atoms with Crippen LogP contribution in [0.1, 0.15) is 25.7 Å². The van der Waals surface area contributed by atoms with Crippen LogP contribution in [0.3, 0.4) is 0 Å². The molecule has 0 saturated heterocycles.